The summed E-state index contributed by atoms with van der Waals surface area (Å²) in [6.07, 6.45) is 1.66. The van der Waals surface area contributed by atoms with E-state index in [2.05, 4.69) is 9.97 Å². The second-order valence-corrected chi connectivity index (χ2v) is 3.89. The highest BCUT2D eigenvalue weighted by Gasteiger charge is 2.05. The van der Waals surface area contributed by atoms with Crippen molar-refractivity contribution < 1.29 is 0 Å². The molecule has 0 fully saturated rings. The largest absolute Gasteiger partial charge is 0.361 e. The highest BCUT2D eigenvalue weighted by atomic mass is 32.1. The van der Waals surface area contributed by atoms with Gasteiger partial charge in [0.2, 0.25) is 0 Å². The molecule has 0 atom stereocenters. The normalized spacial score (nSPS) is 11.1. The van der Waals surface area contributed by atoms with Crippen LogP contribution >= 0.6 is 11.3 Å². The van der Waals surface area contributed by atoms with E-state index in [-0.39, 0.29) is 5.43 Å². The first-order chi connectivity index (χ1) is 6.86. The molecule has 14 heavy (non-hydrogen) atoms. The summed E-state index contributed by atoms with van der Waals surface area (Å²) in [5.41, 5.74) is 3.57. The lowest BCUT2D eigenvalue weighted by Gasteiger charge is -1.96. The summed E-state index contributed by atoms with van der Waals surface area (Å²) in [5, 5.41) is 0.743. The standard InChI is InChI=1S/C10H6N2OS/c13-8-3-4-11-6-1-2-7-10(9(6)8)14-5-12-7/h1-5H,(H,11,13). The minimum absolute atomic E-state index is 0.0496. The summed E-state index contributed by atoms with van der Waals surface area (Å²) in [4.78, 5) is 18.9. The first kappa shape index (κ1) is 7.70. The van der Waals surface area contributed by atoms with E-state index in [9.17, 15) is 4.79 Å². The summed E-state index contributed by atoms with van der Waals surface area (Å²) < 4.78 is 0.962. The topological polar surface area (TPSA) is 45.8 Å². The fraction of sp³-hybridized carbons (Fsp3) is 0. The van der Waals surface area contributed by atoms with Crippen LogP contribution in [0.3, 0.4) is 0 Å². The molecule has 68 valence electrons. The third-order valence-electron chi connectivity index (χ3n) is 2.22. The zero-order chi connectivity index (χ0) is 9.54. The number of benzene rings is 1. The molecule has 0 aliphatic carbocycles. The van der Waals surface area contributed by atoms with Crippen molar-refractivity contribution in [3.05, 3.63) is 40.1 Å². The zero-order valence-corrected chi connectivity index (χ0v) is 7.97. The first-order valence-corrected chi connectivity index (χ1v) is 5.08. The van der Waals surface area contributed by atoms with E-state index in [4.69, 9.17) is 0 Å². The van der Waals surface area contributed by atoms with Crippen LogP contribution in [0, 0.1) is 0 Å². The number of hydrogen-bond acceptors (Lipinski definition) is 3. The molecule has 0 aliphatic rings. The quantitative estimate of drug-likeness (QED) is 0.607. The van der Waals surface area contributed by atoms with Crippen molar-refractivity contribution in [2.75, 3.05) is 0 Å². The summed E-state index contributed by atoms with van der Waals surface area (Å²) in [6.45, 7) is 0. The van der Waals surface area contributed by atoms with Crippen LogP contribution in [-0.4, -0.2) is 9.97 Å². The van der Waals surface area contributed by atoms with Crippen LogP contribution in [-0.2, 0) is 0 Å². The van der Waals surface area contributed by atoms with Crippen molar-refractivity contribution >= 4 is 32.5 Å². The van der Waals surface area contributed by atoms with Gasteiger partial charge >= 0.3 is 0 Å². The highest BCUT2D eigenvalue weighted by molar-refractivity contribution is 7.17. The van der Waals surface area contributed by atoms with Gasteiger partial charge in [-0.2, -0.15) is 0 Å². The van der Waals surface area contributed by atoms with Crippen LogP contribution in [0.15, 0.2) is 34.7 Å². The Bertz CT molecular complexity index is 668. The van der Waals surface area contributed by atoms with E-state index < -0.39 is 0 Å². The van der Waals surface area contributed by atoms with Crippen molar-refractivity contribution in [1.29, 1.82) is 0 Å². The molecule has 0 saturated heterocycles. The van der Waals surface area contributed by atoms with Gasteiger partial charge in [0.05, 0.1) is 26.6 Å². The molecule has 0 aliphatic heterocycles. The van der Waals surface area contributed by atoms with E-state index in [1.54, 1.807) is 17.8 Å². The van der Waals surface area contributed by atoms with Gasteiger partial charge in [0.25, 0.3) is 0 Å². The number of pyridine rings is 1. The molecule has 0 unspecified atom stereocenters. The highest BCUT2D eigenvalue weighted by Crippen LogP contribution is 2.23. The molecule has 3 rings (SSSR count). The van der Waals surface area contributed by atoms with E-state index in [0.717, 1.165) is 21.1 Å². The van der Waals surface area contributed by atoms with Gasteiger partial charge in [-0.3, -0.25) is 4.79 Å². The number of nitrogens with one attached hydrogen (secondary N) is 1. The number of fused-ring (bicyclic) bond motifs is 3. The third-order valence-corrected chi connectivity index (χ3v) is 3.08. The fourth-order valence-electron chi connectivity index (χ4n) is 1.58. The molecule has 1 N–H and O–H groups in total. The zero-order valence-electron chi connectivity index (χ0n) is 7.15. The average Bonchev–Trinajstić information content (AvgIpc) is 2.65. The Hall–Kier alpha value is -1.68. The van der Waals surface area contributed by atoms with Gasteiger partial charge in [-0.25, -0.2) is 4.98 Å². The number of aromatic amines is 1. The second kappa shape index (κ2) is 2.65. The molecular formula is C10H6N2OS. The number of thiazole rings is 1. The SMILES string of the molecule is O=c1cc[nH]c2ccc3ncsc3c12. The molecular weight excluding hydrogens is 196 g/mol. The van der Waals surface area contributed by atoms with Crippen LogP contribution < -0.4 is 5.43 Å². The molecule has 0 bridgehead atoms. The molecule has 1 aromatic carbocycles. The Kier molecular flexibility index (Phi) is 1.46. The molecule has 3 aromatic rings. The maximum atomic E-state index is 11.6. The second-order valence-electron chi connectivity index (χ2n) is 3.03. The van der Waals surface area contributed by atoms with E-state index in [0.29, 0.717) is 0 Å². The maximum Gasteiger partial charge on any atom is 0.190 e. The van der Waals surface area contributed by atoms with Crippen molar-refractivity contribution in [3.63, 3.8) is 0 Å². The summed E-state index contributed by atoms with van der Waals surface area (Å²) in [5.74, 6) is 0. The first-order valence-electron chi connectivity index (χ1n) is 4.20. The van der Waals surface area contributed by atoms with Crippen molar-refractivity contribution in [2.24, 2.45) is 0 Å². The number of hydrogen-bond donors (Lipinski definition) is 1. The predicted octanol–water partition coefficient (Wildman–Crippen LogP) is 2.14. The van der Waals surface area contributed by atoms with Crippen LogP contribution in [0.25, 0.3) is 21.1 Å². The van der Waals surface area contributed by atoms with E-state index in [1.807, 2.05) is 12.1 Å². The van der Waals surface area contributed by atoms with Crippen molar-refractivity contribution in [1.82, 2.24) is 9.97 Å². The molecule has 3 nitrogen and oxygen atoms in total. The van der Waals surface area contributed by atoms with Crippen LogP contribution in [0.1, 0.15) is 0 Å². The summed E-state index contributed by atoms with van der Waals surface area (Å²) in [7, 11) is 0. The maximum absolute atomic E-state index is 11.6. The molecule has 0 saturated carbocycles. The van der Waals surface area contributed by atoms with Gasteiger partial charge in [0.1, 0.15) is 0 Å². The fourth-order valence-corrected chi connectivity index (χ4v) is 2.43. The lowest BCUT2D eigenvalue weighted by Crippen LogP contribution is -1.99. The third kappa shape index (κ3) is 0.914. The number of H-pyrrole nitrogens is 1. The molecule has 0 radical (unpaired) electrons. The lowest BCUT2D eigenvalue weighted by molar-refractivity contribution is 1.40. The monoisotopic (exact) mass is 202 g/mol. The van der Waals surface area contributed by atoms with Gasteiger partial charge in [0, 0.05) is 12.3 Å². The smallest absolute Gasteiger partial charge is 0.190 e. The van der Waals surface area contributed by atoms with E-state index in [1.165, 1.54) is 11.3 Å². The van der Waals surface area contributed by atoms with Gasteiger partial charge < -0.3 is 4.98 Å². The Morgan fingerprint density at radius 3 is 3.14 bits per heavy atom. The van der Waals surface area contributed by atoms with Gasteiger partial charge in [-0.1, -0.05) is 0 Å². The Labute approximate surface area is 83.0 Å². The van der Waals surface area contributed by atoms with Crippen LogP contribution in [0.4, 0.5) is 0 Å². The van der Waals surface area contributed by atoms with Gasteiger partial charge in [-0.05, 0) is 12.1 Å². The Balaban J connectivity index is 2.74. The van der Waals surface area contributed by atoms with E-state index >= 15 is 0 Å². The molecule has 2 aromatic heterocycles. The van der Waals surface area contributed by atoms with Crippen molar-refractivity contribution in [3.8, 4) is 0 Å². The summed E-state index contributed by atoms with van der Waals surface area (Å²) >= 11 is 1.50. The average molecular weight is 202 g/mol. The van der Waals surface area contributed by atoms with Crippen LogP contribution in [0.5, 0.6) is 0 Å². The lowest BCUT2D eigenvalue weighted by atomic mass is 10.2. The Morgan fingerprint density at radius 2 is 2.21 bits per heavy atom. The minimum Gasteiger partial charge on any atom is -0.361 e. The molecule has 2 heterocycles. The molecule has 0 spiro atoms. The molecule has 4 heteroatoms. The predicted molar refractivity (Wildman–Crippen MR) is 57.7 cm³/mol. The number of nitrogens with zero attached hydrogens (tertiary/aromatic N) is 1. The molecule has 0 amide bonds. The van der Waals surface area contributed by atoms with Crippen LogP contribution in [0.2, 0.25) is 0 Å². The Morgan fingerprint density at radius 1 is 1.29 bits per heavy atom. The minimum atomic E-state index is 0.0496. The number of aromatic nitrogens is 2. The van der Waals surface area contributed by atoms with Gasteiger partial charge in [0.15, 0.2) is 5.43 Å². The van der Waals surface area contributed by atoms with Crippen molar-refractivity contribution in [2.45, 2.75) is 0 Å². The number of rotatable bonds is 0. The van der Waals surface area contributed by atoms with Gasteiger partial charge in [-0.15, -0.1) is 11.3 Å². The summed E-state index contributed by atoms with van der Waals surface area (Å²) in [6, 6.07) is 5.35.